The van der Waals surface area contributed by atoms with Gasteiger partial charge in [-0.2, -0.15) is 0 Å². The van der Waals surface area contributed by atoms with Crippen LogP contribution in [-0.4, -0.2) is 20.6 Å². The number of carboxylic acids is 1. The number of pyridine rings is 1. The minimum atomic E-state index is -0.698. The van der Waals surface area contributed by atoms with Gasteiger partial charge in [0.05, 0.1) is 17.5 Å². The average molecular weight is 408 g/mol. The van der Waals surface area contributed by atoms with Crippen LogP contribution < -0.4 is 0 Å². The number of nitrogens with zero attached hydrogens (tertiary/aromatic N) is 3. The maximum atomic E-state index is 11.3. The summed E-state index contributed by atoms with van der Waals surface area (Å²) in [6, 6.07) is 4.23. The van der Waals surface area contributed by atoms with Crippen molar-refractivity contribution in [1.82, 2.24) is 9.55 Å². The normalized spacial score (nSPS) is 19.2. The topological polar surface area (TPSA) is 59.5 Å². The smallest absolute Gasteiger partial charge is 0.306 e. The van der Waals surface area contributed by atoms with Gasteiger partial charge in [-0.25, -0.2) is 4.85 Å². The Labute approximate surface area is 174 Å². The Morgan fingerprint density at radius 3 is 2.55 bits per heavy atom. The summed E-state index contributed by atoms with van der Waals surface area (Å²) in [6.07, 6.45) is 8.63. The molecule has 0 amide bonds. The molecule has 0 spiro atoms. The molecule has 4 rings (SSSR count). The molecule has 1 N–H and O–H groups in total. The van der Waals surface area contributed by atoms with E-state index in [0.29, 0.717) is 23.6 Å². The number of fused-ring (bicyclic) bond motifs is 1. The van der Waals surface area contributed by atoms with E-state index in [4.69, 9.17) is 18.2 Å². The highest BCUT2D eigenvalue weighted by atomic mass is 35.5. The van der Waals surface area contributed by atoms with Gasteiger partial charge in [-0.3, -0.25) is 9.78 Å². The van der Waals surface area contributed by atoms with Crippen molar-refractivity contribution in [2.24, 2.45) is 5.92 Å². The number of benzene rings is 1. The molecule has 3 aromatic rings. The van der Waals surface area contributed by atoms with Crippen LogP contribution in [0, 0.1) is 26.3 Å². The van der Waals surface area contributed by atoms with E-state index in [1.807, 2.05) is 19.9 Å². The molecule has 0 bridgehead atoms. The summed E-state index contributed by atoms with van der Waals surface area (Å²) in [6.45, 7) is 11.4. The van der Waals surface area contributed by atoms with Gasteiger partial charge in [0, 0.05) is 41.3 Å². The van der Waals surface area contributed by atoms with Crippen LogP contribution >= 0.6 is 11.6 Å². The highest BCUT2D eigenvalue weighted by molar-refractivity contribution is 6.34. The Morgan fingerprint density at radius 2 is 1.90 bits per heavy atom. The van der Waals surface area contributed by atoms with Crippen LogP contribution in [0.5, 0.6) is 0 Å². The zero-order valence-corrected chi connectivity index (χ0v) is 17.2. The molecule has 1 aliphatic rings. The number of carbonyl (C=O) groups is 1. The van der Waals surface area contributed by atoms with Crippen molar-refractivity contribution in [1.29, 1.82) is 0 Å². The number of hydrogen-bond donors (Lipinski definition) is 1. The Balaban J connectivity index is 1.88. The van der Waals surface area contributed by atoms with E-state index in [2.05, 4.69) is 26.7 Å². The minimum Gasteiger partial charge on any atom is -0.481 e. The lowest BCUT2D eigenvalue weighted by Crippen LogP contribution is -2.23. The van der Waals surface area contributed by atoms with Gasteiger partial charge in [-0.1, -0.05) is 11.6 Å². The molecule has 29 heavy (non-hydrogen) atoms. The van der Waals surface area contributed by atoms with Crippen LogP contribution in [0.1, 0.15) is 42.9 Å². The van der Waals surface area contributed by atoms with E-state index in [-0.39, 0.29) is 12.0 Å². The molecule has 0 unspecified atom stereocenters. The SMILES string of the molecule is [C-]#[N+]c1cc2c(-c3cncc(C)c3Cl)cn(C3CCC(C(=O)O)CC3)c2cc1C. The lowest BCUT2D eigenvalue weighted by molar-refractivity contribution is -0.143. The highest BCUT2D eigenvalue weighted by Crippen LogP contribution is 2.42. The maximum absolute atomic E-state index is 11.3. The van der Waals surface area contributed by atoms with Crippen molar-refractivity contribution in [2.75, 3.05) is 0 Å². The zero-order valence-electron chi connectivity index (χ0n) is 16.4. The fourth-order valence-electron chi connectivity index (χ4n) is 4.36. The van der Waals surface area contributed by atoms with E-state index in [0.717, 1.165) is 46.0 Å². The molecular weight excluding hydrogens is 386 g/mol. The third-order valence-corrected chi connectivity index (χ3v) is 6.56. The zero-order chi connectivity index (χ0) is 20.7. The van der Waals surface area contributed by atoms with Crippen molar-refractivity contribution in [3.05, 3.63) is 58.3 Å². The predicted octanol–water partition coefficient (Wildman–Crippen LogP) is 6.34. The van der Waals surface area contributed by atoms with E-state index in [1.54, 1.807) is 12.4 Å². The molecule has 0 atom stereocenters. The monoisotopic (exact) mass is 407 g/mol. The molecule has 1 saturated carbocycles. The Kier molecular flexibility index (Phi) is 5.06. The first kappa shape index (κ1) is 19.5. The minimum absolute atomic E-state index is 0.233. The number of hydrogen-bond acceptors (Lipinski definition) is 2. The van der Waals surface area contributed by atoms with Gasteiger partial charge in [-0.05, 0) is 68.2 Å². The molecule has 1 aromatic carbocycles. The average Bonchev–Trinajstić information content (AvgIpc) is 3.07. The van der Waals surface area contributed by atoms with Crippen molar-refractivity contribution in [2.45, 2.75) is 45.6 Å². The van der Waals surface area contributed by atoms with Crippen molar-refractivity contribution < 1.29 is 9.90 Å². The third kappa shape index (κ3) is 3.38. The van der Waals surface area contributed by atoms with Crippen molar-refractivity contribution >= 4 is 34.2 Å². The lowest BCUT2D eigenvalue weighted by Gasteiger charge is -2.28. The van der Waals surface area contributed by atoms with Gasteiger partial charge in [0.2, 0.25) is 0 Å². The molecule has 148 valence electrons. The number of aryl methyl sites for hydroxylation is 2. The standard InChI is InChI=1S/C23H22ClN3O2/c1-13-8-21-17(9-20(13)25-3)19(18-11-26-10-14(2)22(18)24)12-27(21)16-6-4-15(5-7-16)23(28)29/h8-12,15-16H,4-7H2,1-2H3,(H,28,29). The van der Waals surface area contributed by atoms with Gasteiger partial charge >= 0.3 is 5.97 Å². The highest BCUT2D eigenvalue weighted by Gasteiger charge is 2.28. The van der Waals surface area contributed by atoms with Gasteiger partial charge in [0.15, 0.2) is 5.69 Å². The van der Waals surface area contributed by atoms with Crippen LogP contribution in [0.4, 0.5) is 5.69 Å². The second kappa shape index (κ2) is 7.53. The summed E-state index contributed by atoms with van der Waals surface area (Å²) in [5.41, 5.74) is 5.35. The summed E-state index contributed by atoms with van der Waals surface area (Å²) in [5, 5.41) is 11.0. The van der Waals surface area contributed by atoms with E-state index in [9.17, 15) is 9.90 Å². The van der Waals surface area contributed by atoms with Gasteiger partial charge in [0.25, 0.3) is 0 Å². The Hall–Kier alpha value is -2.84. The fourth-order valence-corrected chi connectivity index (χ4v) is 4.56. The van der Waals surface area contributed by atoms with E-state index >= 15 is 0 Å². The molecule has 0 aliphatic heterocycles. The lowest BCUT2D eigenvalue weighted by atomic mass is 9.86. The molecule has 6 heteroatoms. The number of carboxylic acid groups (broad SMARTS) is 1. The van der Waals surface area contributed by atoms with Crippen molar-refractivity contribution in [3.8, 4) is 11.1 Å². The molecular formula is C23H22ClN3O2. The second-order valence-corrected chi connectivity index (χ2v) is 8.26. The van der Waals surface area contributed by atoms with Crippen LogP contribution in [0.3, 0.4) is 0 Å². The Morgan fingerprint density at radius 1 is 1.17 bits per heavy atom. The molecule has 2 aromatic heterocycles. The van der Waals surface area contributed by atoms with E-state index < -0.39 is 5.97 Å². The van der Waals surface area contributed by atoms with Gasteiger partial charge in [0.1, 0.15) is 0 Å². The number of aliphatic carboxylic acids is 1. The van der Waals surface area contributed by atoms with Crippen LogP contribution in [-0.2, 0) is 4.79 Å². The largest absolute Gasteiger partial charge is 0.481 e. The van der Waals surface area contributed by atoms with Crippen LogP contribution in [0.15, 0.2) is 30.7 Å². The quantitative estimate of drug-likeness (QED) is 0.515. The predicted molar refractivity (Wildman–Crippen MR) is 115 cm³/mol. The summed E-state index contributed by atoms with van der Waals surface area (Å²) in [5.74, 6) is -0.949. The summed E-state index contributed by atoms with van der Waals surface area (Å²) in [4.78, 5) is 19.3. The molecule has 5 nitrogen and oxygen atoms in total. The third-order valence-electron chi connectivity index (χ3n) is 6.06. The molecule has 2 heterocycles. The maximum Gasteiger partial charge on any atom is 0.306 e. The van der Waals surface area contributed by atoms with E-state index in [1.165, 1.54) is 0 Å². The molecule has 0 saturated heterocycles. The molecule has 1 fully saturated rings. The van der Waals surface area contributed by atoms with Crippen LogP contribution in [0.25, 0.3) is 26.9 Å². The van der Waals surface area contributed by atoms with Gasteiger partial charge in [-0.15, -0.1) is 0 Å². The number of halogens is 1. The van der Waals surface area contributed by atoms with Gasteiger partial charge < -0.3 is 9.67 Å². The van der Waals surface area contributed by atoms with Crippen LogP contribution in [0.2, 0.25) is 5.02 Å². The molecule has 0 radical (unpaired) electrons. The second-order valence-electron chi connectivity index (χ2n) is 7.88. The number of rotatable bonds is 3. The molecule has 1 aliphatic carbocycles. The van der Waals surface area contributed by atoms with Crippen molar-refractivity contribution in [3.63, 3.8) is 0 Å². The first-order valence-electron chi connectivity index (χ1n) is 9.76. The first-order valence-corrected chi connectivity index (χ1v) is 10.1. The summed E-state index contributed by atoms with van der Waals surface area (Å²) >= 11 is 6.61. The summed E-state index contributed by atoms with van der Waals surface area (Å²) < 4.78 is 2.25. The fraction of sp³-hybridized carbons (Fsp3) is 0.348. The Bertz CT molecular complexity index is 1150. The first-order chi connectivity index (χ1) is 13.9. The number of aromatic nitrogens is 2. The summed E-state index contributed by atoms with van der Waals surface area (Å²) in [7, 11) is 0.